The Labute approximate surface area is 400 Å². The molecule has 386 valence electrons. The molecule has 0 aromatic rings. The number of rotatable bonds is 44. The van der Waals surface area contributed by atoms with Crippen molar-refractivity contribution in [3.63, 3.8) is 0 Å². The van der Waals surface area contributed by atoms with Gasteiger partial charge in [-0.15, -0.1) is 0 Å². The summed E-state index contributed by atoms with van der Waals surface area (Å²) in [5.74, 6) is -0.721. The van der Waals surface area contributed by atoms with Crippen LogP contribution in [-0.2, 0) is 28.9 Å². The van der Waals surface area contributed by atoms with Crippen LogP contribution >= 0.6 is 0 Å². The van der Waals surface area contributed by atoms with Crippen molar-refractivity contribution in [2.24, 2.45) is 0 Å². The van der Waals surface area contributed by atoms with E-state index in [4.69, 9.17) is 9.47 Å². The summed E-state index contributed by atoms with van der Waals surface area (Å²) in [6.07, 6.45) is 40.5. The van der Waals surface area contributed by atoms with Crippen LogP contribution in [0.2, 0.25) is 0 Å². The third kappa shape index (κ3) is 33.5. The second-order valence-electron chi connectivity index (χ2n) is 18.2. The van der Waals surface area contributed by atoms with Gasteiger partial charge in [0.05, 0.1) is 25.4 Å². The Morgan fingerprint density at radius 3 is 1.45 bits per heavy atom. The van der Waals surface area contributed by atoms with Crippen LogP contribution in [0.3, 0.4) is 0 Å². The second kappa shape index (κ2) is 41.9. The molecule has 8 unspecified atom stereocenters. The van der Waals surface area contributed by atoms with E-state index in [9.17, 15) is 43.3 Å². The van der Waals surface area contributed by atoms with Crippen molar-refractivity contribution in [3.8, 4) is 0 Å². The van der Waals surface area contributed by atoms with Crippen molar-refractivity contribution >= 4 is 16.3 Å². The summed E-state index contributed by atoms with van der Waals surface area (Å²) in [7, 11) is -5.13. The number of amides is 1. The maximum absolute atomic E-state index is 13.1. The summed E-state index contributed by atoms with van der Waals surface area (Å²) in [6, 6.07) is -1.15. The molecule has 0 bridgehead atoms. The largest absolute Gasteiger partial charge is 0.397 e. The molecule has 0 radical (unpaired) electrons. The van der Waals surface area contributed by atoms with Gasteiger partial charge in [0.25, 0.3) is 0 Å². The van der Waals surface area contributed by atoms with Gasteiger partial charge in [-0.2, -0.15) is 8.42 Å². The fourth-order valence-corrected chi connectivity index (χ4v) is 8.53. The van der Waals surface area contributed by atoms with E-state index < -0.39 is 78.5 Å². The van der Waals surface area contributed by atoms with E-state index in [0.29, 0.717) is 12.8 Å². The lowest BCUT2D eigenvalue weighted by atomic mass is 9.99. The van der Waals surface area contributed by atoms with Crippen LogP contribution in [0, 0.1) is 0 Å². The second-order valence-corrected chi connectivity index (χ2v) is 19.3. The first kappa shape index (κ1) is 62.0. The number of hydrogen-bond acceptors (Lipinski definition) is 11. The van der Waals surface area contributed by atoms with Crippen LogP contribution in [0.4, 0.5) is 0 Å². The minimum atomic E-state index is -5.13. The number of aliphatic hydroxyl groups is 5. The standard InChI is InChI=1S/C52H95NO12S/c1-3-5-7-9-11-13-15-17-19-21-22-23-24-25-27-28-30-32-34-36-38-40-45(55)44(43-63-52-49(58)50(65-66(60,61)62)48(57)47(42-54)64-52)53-51(59)46(56)41-39-37-35-33-31-29-26-20-18-16-14-12-10-8-6-4-2/h18,20,24-25,30,32,38,40,44-50,52,54-58H,3-17,19,21-23,26-29,31,33-37,39,41-43H2,1-2H3,(H,53,59)(H,60,61,62)/b20-18-,25-24+,32-30+,40-38+. The minimum absolute atomic E-state index is 0.225. The fourth-order valence-electron chi connectivity index (χ4n) is 8.02. The summed E-state index contributed by atoms with van der Waals surface area (Å²) in [6.45, 7) is 3.20. The molecule has 1 aliphatic heterocycles. The zero-order valence-corrected chi connectivity index (χ0v) is 41.9. The fraction of sp³-hybridized carbons (Fsp3) is 0.827. The minimum Gasteiger partial charge on any atom is -0.394 e. The number of allylic oxidation sites excluding steroid dienone is 7. The predicted octanol–water partition coefficient (Wildman–Crippen LogP) is 10.2. The average molecular weight is 958 g/mol. The summed E-state index contributed by atoms with van der Waals surface area (Å²) >= 11 is 0. The highest BCUT2D eigenvalue weighted by Gasteiger charge is 2.48. The topological polar surface area (TPSA) is 212 Å². The third-order valence-corrected chi connectivity index (χ3v) is 12.6. The number of carbonyl (C=O) groups excluding carboxylic acids is 1. The van der Waals surface area contributed by atoms with Crippen molar-refractivity contribution in [1.29, 1.82) is 0 Å². The van der Waals surface area contributed by atoms with Crippen molar-refractivity contribution in [2.75, 3.05) is 13.2 Å². The van der Waals surface area contributed by atoms with Gasteiger partial charge in [-0.25, -0.2) is 4.18 Å². The number of unbranched alkanes of at least 4 members (excludes halogenated alkanes) is 25. The SMILES string of the molecule is CCCCCCCC/C=C\CCCCCCCCC(O)C(=O)NC(COC1OC(CO)C(O)C(OS(=O)(=O)O)C1O)C(O)/C=C/CC/C=C/CC/C=C/CCCCCCCCCCCCC. The van der Waals surface area contributed by atoms with Gasteiger partial charge >= 0.3 is 10.4 Å². The Kier molecular flexibility index (Phi) is 39.4. The lowest BCUT2D eigenvalue weighted by molar-refractivity contribution is -0.298. The van der Waals surface area contributed by atoms with Crippen molar-refractivity contribution < 1.29 is 57.0 Å². The molecule has 1 aliphatic rings. The number of nitrogens with one attached hydrogen (secondary N) is 1. The van der Waals surface area contributed by atoms with Gasteiger partial charge in [0.15, 0.2) is 6.29 Å². The van der Waals surface area contributed by atoms with Crippen LogP contribution < -0.4 is 5.32 Å². The van der Waals surface area contributed by atoms with E-state index in [0.717, 1.165) is 70.6 Å². The lowest BCUT2D eigenvalue weighted by Crippen LogP contribution is -2.61. The summed E-state index contributed by atoms with van der Waals surface area (Å²) in [4.78, 5) is 13.1. The molecule has 1 rings (SSSR count). The lowest BCUT2D eigenvalue weighted by Gasteiger charge is -2.41. The van der Waals surface area contributed by atoms with Gasteiger partial charge in [0.2, 0.25) is 5.91 Å². The van der Waals surface area contributed by atoms with Crippen LogP contribution in [0.5, 0.6) is 0 Å². The first-order valence-electron chi connectivity index (χ1n) is 26.1. The van der Waals surface area contributed by atoms with Crippen LogP contribution in [0.25, 0.3) is 0 Å². The molecule has 66 heavy (non-hydrogen) atoms. The molecule has 1 saturated heterocycles. The maximum Gasteiger partial charge on any atom is 0.397 e. The van der Waals surface area contributed by atoms with Gasteiger partial charge in [-0.1, -0.05) is 191 Å². The molecule has 13 nitrogen and oxygen atoms in total. The number of carbonyl (C=O) groups is 1. The third-order valence-electron chi connectivity index (χ3n) is 12.2. The van der Waals surface area contributed by atoms with E-state index in [1.807, 2.05) is 0 Å². The van der Waals surface area contributed by atoms with Gasteiger partial charge in [0.1, 0.15) is 30.5 Å². The number of hydrogen-bond donors (Lipinski definition) is 7. The van der Waals surface area contributed by atoms with Gasteiger partial charge in [-0.05, 0) is 70.6 Å². The Morgan fingerprint density at radius 1 is 0.606 bits per heavy atom. The van der Waals surface area contributed by atoms with Gasteiger partial charge in [-0.3, -0.25) is 9.35 Å². The molecule has 8 atom stereocenters. The Balaban J connectivity index is 2.56. The quantitative estimate of drug-likeness (QED) is 0.0173. The van der Waals surface area contributed by atoms with Crippen LogP contribution in [0.1, 0.15) is 213 Å². The zero-order chi connectivity index (χ0) is 48.5. The smallest absolute Gasteiger partial charge is 0.394 e. The van der Waals surface area contributed by atoms with Crippen molar-refractivity contribution in [2.45, 2.75) is 262 Å². The van der Waals surface area contributed by atoms with E-state index in [1.165, 1.54) is 115 Å². The molecular weight excluding hydrogens is 863 g/mol. The highest BCUT2D eigenvalue weighted by atomic mass is 32.3. The molecule has 1 fully saturated rings. The molecule has 14 heteroatoms. The van der Waals surface area contributed by atoms with Gasteiger partial charge in [0, 0.05) is 0 Å². The Morgan fingerprint density at radius 2 is 1.02 bits per heavy atom. The van der Waals surface area contributed by atoms with Crippen molar-refractivity contribution in [3.05, 3.63) is 48.6 Å². The van der Waals surface area contributed by atoms with E-state index in [-0.39, 0.29) is 6.42 Å². The molecule has 0 aromatic heterocycles. The van der Waals surface area contributed by atoms with Crippen molar-refractivity contribution in [1.82, 2.24) is 5.32 Å². The molecule has 0 aliphatic carbocycles. The highest BCUT2D eigenvalue weighted by molar-refractivity contribution is 7.80. The van der Waals surface area contributed by atoms with Crippen LogP contribution in [-0.4, -0.2) is 107 Å². The van der Waals surface area contributed by atoms with E-state index in [2.05, 4.69) is 59.8 Å². The molecule has 1 amide bonds. The zero-order valence-electron chi connectivity index (χ0n) is 41.1. The summed E-state index contributed by atoms with van der Waals surface area (Å²) in [5, 5.41) is 55.3. The monoisotopic (exact) mass is 958 g/mol. The van der Waals surface area contributed by atoms with E-state index in [1.54, 1.807) is 6.08 Å². The summed E-state index contributed by atoms with van der Waals surface area (Å²) in [5.41, 5.74) is 0. The molecule has 0 aromatic carbocycles. The van der Waals surface area contributed by atoms with E-state index >= 15 is 0 Å². The molecule has 1 heterocycles. The molecular formula is C52H95NO12S. The maximum atomic E-state index is 13.1. The average Bonchev–Trinajstić information content (AvgIpc) is 3.29. The molecule has 0 spiro atoms. The first-order valence-corrected chi connectivity index (χ1v) is 27.5. The normalized spacial score (nSPS) is 20.9. The van der Waals surface area contributed by atoms with Crippen LogP contribution in [0.15, 0.2) is 48.6 Å². The predicted molar refractivity (Wildman–Crippen MR) is 265 cm³/mol. The molecule has 7 N–H and O–H groups in total. The first-order chi connectivity index (χ1) is 31.9. The Hall–Kier alpha value is -1.98. The number of ether oxygens (including phenoxy) is 2. The molecule has 0 saturated carbocycles. The highest BCUT2D eigenvalue weighted by Crippen LogP contribution is 2.26. The summed E-state index contributed by atoms with van der Waals surface area (Å²) < 4.78 is 47.6. The number of aliphatic hydroxyl groups excluding tert-OH is 5. The Bertz CT molecular complexity index is 1370. The van der Waals surface area contributed by atoms with Gasteiger partial charge < -0.3 is 40.3 Å².